The van der Waals surface area contributed by atoms with E-state index in [4.69, 9.17) is 9.47 Å². The van der Waals surface area contributed by atoms with Crippen LogP contribution in [-0.4, -0.2) is 38.3 Å². The third kappa shape index (κ3) is 4.62. The predicted molar refractivity (Wildman–Crippen MR) is 114 cm³/mol. The average Bonchev–Trinajstić information content (AvgIpc) is 2.67. The van der Waals surface area contributed by atoms with Gasteiger partial charge in [0.1, 0.15) is 17.5 Å². The predicted octanol–water partition coefficient (Wildman–Crippen LogP) is 4.36. The molecule has 28 heavy (non-hydrogen) atoms. The summed E-state index contributed by atoms with van der Waals surface area (Å²) in [6.45, 7) is 1.86. The number of anilines is 5. The number of aromatic nitrogens is 2. The number of nitrogens with zero attached hydrogens (tertiary/aromatic N) is 3. The van der Waals surface area contributed by atoms with Crippen LogP contribution in [0.2, 0.25) is 0 Å². The van der Waals surface area contributed by atoms with E-state index in [0.717, 1.165) is 17.1 Å². The third-order valence-electron chi connectivity index (χ3n) is 4.15. The molecular formula is C21H25N5O2. The first-order valence-corrected chi connectivity index (χ1v) is 8.87. The monoisotopic (exact) mass is 379 g/mol. The van der Waals surface area contributed by atoms with Crippen molar-refractivity contribution in [1.82, 2.24) is 9.97 Å². The molecule has 0 saturated heterocycles. The SMILES string of the molecule is COc1ccc(Nc2cc(Nc3ccc(N(C)C)cc3)nc(C)n2)cc1OC. The van der Waals surface area contributed by atoms with Gasteiger partial charge in [0, 0.05) is 43.3 Å². The summed E-state index contributed by atoms with van der Waals surface area (Å²) in [7, 11) is 7.26. The molecule has 7 nitrogen and oxygen atoms in total. The van der Waals surface area contributed by atoms with Crippen LogP contribution in [0.1, 0.15) is 5.82 Å². The Morgan fingerprint density at radius 1 is 0.750 bits per heavy atom. The normalized spacial score (nSPS) is 10.3. The van der Waals surface area contributed by atoms with E-state index in [1.165, 1.54) is 0 Å². The summed E-state index contributed by atoms with van der Waals surface area (Å²) in [4.78, 5) is 11.0. The molecule has 0 unspecified atom stereocenters. The van der Waals surface area contributed by atoms with E-state index in [2.05, 4.69) is 37.6 Å². The molecule has 0 aliphatic rings. The van der Waals surface area contributed by atoms with Crippen molar-refractivity contribution in [2.24, 2.45) is 0 Å². The Labute approximate surface area is 165 Å². The van der Waals surface area contributed by atoms with Gasteiger partial charge in [0.2, 0.25) is 0 Å². The Kier molecular flexibility index (Phi) is 5.84. The Hall–Kier alpha value is -3.48. The minimum atomic E-state index is 0.651. The Bertz CT molecular complexity index is 942. The molecule has 0 atom stereocenters. The molecule has 1 heterocycles. The minimum Gasteiger partial charge on any atom is -0.493 e. The Morgan fingerprint density at radius 3 is 1.89 bits per heavy atom. The Balaban J connectivity index is 1.79. The molecule has 0 spiro atoms. The van der Waals surface area contributed by atoms with Crippen molar-refractivity contribution in [2.75, 3.05) is 43.8 Å². The molecule has 1 aromatic heterocycles. The molecule has 0 fully saturated rings. The molecule has 0 aliphatic heterocycles. The lowest BCUT2D eigenvalue weighted by molar-refractivity contribution is 0.355. The number of nitrogens with one attached hydrogen (secondary N) is 2. The number of ether oxygens (including phenoxy) is 2. The van der Waals surface area contributed by atoms with Gasteiger partial charge in [-0.3, -0.25) is 0 Å². The molecule has 0 radical (unpaired) electrons. The summed E-state index contributed by atoms with van der Waals surface area (Å²) in [5, 5.41) is 6.61. The van der Waals surface area contributed by atoms with Crippen molar-refractivity contribution in [3.63, 3.8) is 0 Å². The van der Waals surface area contributed by atoms with Crippen molar-refractivity contribution in [3.8, 4) is 11.5 Å². The van der Waals surface area contributed by atoms with E-state index in [9.17, 15) is 0 Å². The van der Waals surface area contributed by atoms with E-state index >= 15 is 0 Å². The standard InChI is InChI=1S/C21H25N5O2/c1-14-22-20(24-15-6-9-17(10-7-15)26(2)3)13-21(23-14)25-16-8-11-18(27-4)19(12-16)28-5/h6-13H,1-5H3,(H2,22,23,24,25). The van der Waals surface area contributed by atoms with Gasteiger partial charge in [0.05, 0.1) is 14.2 Å². The topological polar surface area (TPSA) is 71.5 Å². The van der Waals surface area contributed by atoms with E-state index in [1.807, 2.05) is 57.4 Å². The zero-order valence-corrected chi connectivity index (χ0v) is 16.8. The van der Waals surface area contributed by atoms with Gasteiger partial charge >= 0.3 is 0 Å². The van der Waals surface area contributed by atoms with Crippen LogP contribution in [0.3, 0.4) is 0 Å². The first-order chi connectivity index (χ1) is 13.5. The van der Waals surface area contributed by atoms with Crippen molar-refractivity contribution in [3.05, 3.63) is 54.4 Å². The molecule has 0 saturated carbocycles. The van der Waals surface area contributed by atoms with Crippen molar-refractivity contribution in [2.45, 2.75) is 6.92 Å². The second-order valence-corrected chi connectivity index (χ2v) is 6.45. The molecule has 7 heteroatoms. The number of hydrogen-bond donors (Lipinski definition) is 2. The third-order valence-corrected chi connectivity index (χ3v) is 4.15. The van der Waals surface area contributed by atoms with Crippen molar-refractivity contribution < 1.29 is 9.47 Å². The highest BCUT2D eigenvalue weighted by molar-refractivity contribution is 5.66. The van der Waals surface area contributed by atoms with Gasteiger partial charge in [0.25, 0.3) is 0 Å². The van der Waals surface area contributed by atoms with E-state index in [1.54, 1.807) is 14.2 Å². The average molecular weight is 379 g/mol. The molecule has 2 aromatic carbocycles. The van der Waals surface area contributed by atoms with E-state index in [-0.39, 0.29) is 0 Å². The molecular weight excluding hydrogens is 354 g/mol. The number of aryl methyl sites for hydroxylation is 1. The van der Waals surface area contributed by atoms with Gasteiger partial charge in [-0.1, -0.05) is 0 Å². The summed E-state index contributed by atoms with van der Waals surface area (Å²) in [5.74, 6) is 3.39. The molecule has 0 amide bonds. The fourth-order valence-corrected chi connectivity index (χ4v) is 2.75. The lowest BCUT2D eigenvalue weighted by atomic mass is 10.2. The van der Waals surface area contributed by atoms with Gasteiger partial charge in [-0.15, -0.1) is 0 Å². The van der Waals surface area contributed by atoms with E-state index in [0.29, 0.717) is 29.0 Å². The smallest absolute Gasteiger partial charge is 0.162 e. The minimum absolute atomic E-state index is 0.651. The first kappa shape index (κ1) is 19.3. The van der Waals surface area contributed by atoms with Gasteiger partial charge in [-0.2, -0.15) is 0 Å². The lowest BCUT2D eigenvalue weighted by Crippen LogP contribution is -2.08. The summed E-state index contributed by atoms with van der Waals surface area (Å²) < 4.78 is 10.6. The zero-order chi connectivity index (χ0) is 20.1. The zero-order valence-electron chi connectivity index (χ0n) is 16.8. The van der Waals surface area contributed by atoms with Gasteiger partial charge in [-0.25, -0.2) is 9.97 Å². The molecule has 3 aromatic rings. The highest BCUT2D eigenvalue weighted by Gasteiger charge is 2.07. The highest BCUT2D eigenvalue weighted by Crippen LogP contribution is 2.31. The maximum absolute atomic E-state index is 5.35. The summed E-state index contributed by atoms with van der Waals surface area (Å²) in [6, 6.07) is 15.6. The van der Waals surface area contributed by atoms with Crippen LogP contribution < -0.4 is 25.0 Å². The van der Waals surface area contributed by atoms with Crippen molar-refractivity contribution in [1.29, 1.82) is 0 Å². The molecule has 3 rings (SSSR count). The summed E-state index contributed by atoms with van der Waals surface area (Å²) in [6.07, 6.45) is 0. The van der Waals surface area contributed by atoms with Crippen molar-refractivity contribution >= 4 is 28.7 Å². The second-order valence-electron chi connectivity index (χ2n) is 6.45. The summed E-state index contributed by atoms with van der Waals surface area (Å²) in [5.41, 5.74) is 2.94. The molecule has 0 aliphatic carbocycles. The molecule has 0 bridgehead atoms. The number of hydrogen-bond acceptors (Lipinski definition) is 7. The highest BCUT2D eigenvalue weighted by atomic mass is 16.5. The maximum atomic E-state index is 5.35. The maximum Gasteiger partial charge on any atom is 0.162 e. The molecule has 146 valence electrons. The van der Waals surface area contributed by atoms with Crippen LogP contribution in [-0.2, 0) is 0 Å². The quantitative estimate of drug-likeness (QED) is 0.632. The number of methoxy groups -OCH3 is 2. The number of benzene rings is 2. The summed E-state index contributed by atoms with van der Waals surface area (Å²) >= 11 is 0. The van der Waals surface area contributed by atoms with Crippen LogP contribution in [0.15, 0.2) is 48.5 Å². The van der Waals surface area contributed by atoms with Crippen LogP contribution in [0.5, 0.6) is 11.5 Å². The second kappa shape index (κ2) is 8.47. The fourth-order valence-electron chi connectivity index (χ4n) is 2.75. The largest absolute Gasteiger partial charge is 0.493 e. The van der Waals surface area contributed by atoms with Gasteiger partial charge < -0.3 is 25.0 Å². The van der Waals surface area contributed by atoms with Crippen LogP contribution in [0.25, 0.3) is 0 Å². The van der Waals surface area contributed by atoms with Crippen LogP contribution in [0.4, 0.5) is 28.7 Å². The van der Waals surface area contributed by atoms with Crippen LogP contribution in [0, 0.1) is 6.92 Å². The Morgan fingerprint density at radius 2 is 1.32 bits per heavy atom. The van der Waals surface area contributed by atoms with Gasteiger partial charge in [-0.05, 0) is 43.3 Å². The van der Waals surface area contributed by atoms with Crippen LogP contribution >= 0.6 is 0 Å². The molecule has 2 N–H and O–H groups in total. The lowest BCUT2D eigenvalue weighted by Gasteiger charge is -2.14. The van der Waals surface area contributed by atoms with Gasteiger partial charge in [0.15, 0.2) is 11.5 Å². The van der Waals surface area contributed by atoms with E-state index < -0.39 is 0 Å². The first-order valence-electron chi connectivity index (χ1n) is 8.87. The number of rotatable bonds is 7. The fraction of sp³-hybridized carbons (Fsp3) is 0.238.